The number of nitrogens with zero attached hydrogens (tertiary/aromatic N) is 2. The van der Waals surface area contributed by atoms with Crippen LogP contribution < -0.4 is 24.6 Å². The first-order valence-electron chi connectivity index (χ1n) is 15.1. The van der Waals surface area contributed by atoms with E-state index >= 15 is 0 Å². The Balaban J connectivity index is 1.38. The Morgan fingerprint density at radius 3 is 2.30 bits per heavy atom. The lowest BCUT2D eigenvalue weighted by molar-refractivity contribution is -0.137. The van der Waals surface area contributed by atoms with E-state index in [2.05, 4.69) is 5.32 Å². The lowest BCUT2D eigenvalue weighted by Crippen LogP contribution is -2.33. The molecule has 1 aromatic heterocycles. The number of amides is 3. The molecule has 0 bridgehead atoms. The summed E-state index contributed by atoms with van der Waals surface area (Å²) in [6, 6.07) is 14.8. The number of alkyl halides is 3. The third-order valence-electron chi connectivity index (χ3n) is 8.23. The zero-order chi connectivity index (χ0) is 35.9. The smallest absolute Gasteiger partial charge is 0.416 e. The number of aromatic nitrogens is 1. The van der Waals surface area contributed by atoms with E-state index in [9.17, 15) is 37.1 Å². The second-order valence-corrected chi connectivity index (χ2v) is 13.3. The predicted molar refractivity (Wildman–Crippen MR) is 178 cm³/mol. The van der Waals surface area contributed by atoms with Gasteiger partial charge in [0.25, 0.3) is 0 Å². The van der Waals surface area contributed by atoms with Crippen molar-refractivity contribution in [1.29, 1.82) is 0 Å². The molecule has 3 aromatic carbocycles. The van der Waals surface area contributed by atoms with Crippen LogP contribution in [-0.2, 0) is 31.8 Å². The van der Waals surface area contributed by atoms with Crippen LogP contribution in [0.15, 0.2) is 76.6 Å². The van der Waals surface area contributed by atoms with E-state index in [1.165, 1.54) is 49.1 Å². The molecule has 1 fully saturated rings. The molecule has 0 spiro atoms. The molecule has 0 saturated carbocycles. The Labute approximate surface area is 290 Å². The van der Waals surface area contributed by atoms with E-state index in [-0.39, 0.29) is 22.9 Å². The normalized spacial score (nSPS) is 18.4. The van der Waals surface area contributed by atoms with E-state index < -0.39 is 63.9 Å². The van der Waals surface area contributed by atoms with Crippen LogP contribution in [0.3, 0.4) is 0 Å². The molecule has 1 saturated heterocycles. The van der Waals surface area contributed by atoms with Crippen LogP contribution in [0.2, 0.25) is 0 Å². The minimum Gasteiger partial charge on any atom is -0.493 e. The Kier molecular flexibility index (Phi) is 9.50. The summed E-state index contributed by atoms with van der Waals surface area (Å²) in [5, 5.41) is 1.83. The van der Waals surface area contributed by atoms with E-state index in [1.54, 1.807) is 25.1 Å². The van der Waals surface area contributed by atoms with Crippen molar-refractivity contribution in [2.75, 3.05) is 31.0 Å². The first kappa shape index (κ1) is 34.8. The molecule has 0 unspecified atom stereocenters. The molecule has 2 aliphatic heterocycles. The van der Waals surface area contributed by atoms with Crippen molar-refractivity contribution in [3.8, 4) is 11.5 Å². The number of fused-ring (bicyclic) bond motifs is 2. The van der Waals surface area contributed by atoms with Crippen LogP contribution in [0.1, 0.15) is 39.2 Å². The van der Waals surface area contributed by atoms with Gasteiger partial charge in [-0.15, -0.1) is 0 Å². The molecule has 260 valence electrons. The number of rotatable bonds is 9. The van der Waals surface area contributed by atoms with Gasteiger partial charge in [0.05, 0.1) is 48.6 Å². The van der Waals surface area contributed by atoms with Crippen molar-refractivity contribution in [1.82, 2.24) is 4.57 Å². The van der Waals surface area contributed by atoms with Gasteiger partial charge >= 0.3 is 17.0 Å². The second kappa shape index (κ2) is 13.7. The van der Waals surface area contributed by atoms with Crippen molar-refractivity contribution in [3.05, 3.63) is 98.0 Å². The van der Waals surface area contributed by atoms with Gasteiger partial charge in [0.1, 0.15) is 11.8 Å². The molecule has 11 nitrogen and oxygen atoms in total. The van der Waals surface area contributed by atoms with Gasteiger partial charge in [0.2, 0.25) is 17.7 Å². The maximum absolute atomic E-state index is 14.1. The van der Waals surface area contributed by atoms with E-state index in [0.717, 1.165) is 46.2 Å². The van der Waals surface area contributed by atoms with Crippen molar-refractivity contribution in [2.45, 2.75) is 35.8 Å². The molecule has 6 rings (SSSR count). The maximum atomic E-state index is 14.1. The topological polar surface area (TPSA) is 133 Å². The van der Waals surface area contributed by atoms with E-state index in [0.29, 0.717) is 27.6 Å². The number of hydrogen-bond acceptors (Lipinski definition) is 10. The van der Waals surface area contributed by atoms with Crippen LogP contribution in [0.25, 0.3) is 0 Å². The number of methoxy groups -OCH3 is 2. The van der Waals surface area contributed by atoms with Crippen LogP contribution >= 0.6 is 23.1 Å². The van der Waals surface area contributed by atoms with Gasteiger partial charge < -0.3 is 19.5 Å². The summed E-state index contributed by atoms with van der Waals surface area (Å²) in [4.78, 5) is 67.5. The maximum Gasteiger partial charge on any atom is 0.416 e. The first-order chi connectivity index (χ1) is 23.9. The molecule has 3 amide bonds. The highest BCUT2D eigenvalue weighted by Gasteiger charge is 2.57. The van der Waals surface area contributed by atoms with Crippen LogP contribution in [0, 0.1) is 5.92 Å². The largest absolute Gasteiger partial charge is 0.493 e. The molecule has 4 aromatic rings. The number of nitrogens with one attached hydrogen (secondary N) is 1. The van der Waals surface area contributed by atoms with Crippen molar-refractivity contribution < 1.29 is 46.6 Å². The van der Waals surface area contributed by atoms with Crippen LogP contribution in [0.4, 0.5) is 24.5 Å². The molecule has 16 heteroatoms. The number of imide groups is 1. The zero-order valence-corrected chi connectivity index (χ0v) is 28.2. The first-order valence-corrected chi connectivity index (χ1v) is 16.8. The Bertz CT molecular complexity index is 2060. The van der Waals surface area contributed by atoms with Crippen molar-refractivity contribution in [3.63, 3.8) is 0 Å². The second-order valence-electron chi connectivity index (χ2n) is 11.2. The Morgan fingerprint density at radius 1 is 0.920 bits per heavy atom. The monoisotopic (exact) mass is 727 g/mol. The zero-order valence-electron chi connectivity index (χ0n) is 26.6. The lowest BCUT2D eigenvalue weighted by atomic mass is 9.83. The van der Waals surface area contributed by atoms with Crippen molar-refractivity contribution in [2.24, 2.45) is 5.92 Å². The van der Waals surface area contributed by atoms with Gasteiger partial charge in [-0.2, -0.15) is 13.2 Å². The summed E-state index contributed by atoms with van der Waals surface area (Å²) >= 11 is 1.73. The third kappa shape index (κ3) is 6.35. The number of thiazole rings is 1. The summed E-state index contributed by atoms with van der Waals surface area (Å²) in [5.74, 6) is -3.89. The minimum atomic E-state index is -4.71. The number of ether oxygens (including phenoxy) is 3. The number of benzene rings is 3. The summed E-state index contributed by atoms with van der Waals surface area (Å²) in [5.41, 5.74) is -0.126. The number of carbonyl (C=O) groups is 4. The molecule has 3 heterocycles. The van der Waals surface area contributed by atoms with Gasteiger partial charge in [-0.1, -0.05) is 35.2 Å². The third-order valence-corrected chi connectivity index (χ3v) is 10.8. The number of halogens is 3. The molecule has 50 heavy (non-hydrogen) atoms. The Hall–Kier alpha value is -5.09. The summed E-state index contributed by atoms with van der Waals surface area (Å²) < 4.78 is 57.8. The lowest BCUT2D eigenvalue weighted by Gasteiger charge is -2.31. The van der Waals surface area contributed by atoms with Crippen LogP contribution in [0.5, 0.6) is 11.5 Å². The fourth-order valence-electron chi connectivity index (χ4n) is 5.98. The summed E-state index contributed by atoms with van der Waals surface area (Å²) in [6.45, 7) is 1.43. The molecule has 0 aliphatic carbocycles. The average Bonchev–Trinajstić information content (AvgIpc) is 3.54. The van der Waals surface area contributed by atoms with Gasteiger partial charge in [-0.3, -0.25) is 23.7 Å². The highest BCUT2D eigenvalue weighted by atomic mass is 32.2. The summed E-state index contributed by atoms with van der Waals surface area (Å²) in [7, 11) is 2.87. The molecule has 1 N–H and O–H groups in total. The van der Waals surface area contributed by atoms with Gasteiger partial charge in [0, 0.05) is 16.5 Å². The summed E-state index contributed by atoms with van der Waals surface area (Å²) in [6.07, 6.45) is -4.71. The quantitative estimate of drug-likeness (QED) is 0.174. The molecular weight excluding hydrogens is 700 g/mol. The fourth-order valence-corrected chi connectivity index (χ4v) is 8.76. The fraction of sp³-hybridized carbons (Fsp3) is 0.265. The molecule has 3 atom stereocenters. The van der Waals surface area contributed by atoms with Gasteiger partial charge in [-0.05, 0) is 67.1 Å². The molecular formula is C34H28F3N3O8S2. The predicted octanol–water partition coefficient (Wildman–Crippen LogP) is 5.56. The minimum absolute atomic E-state index is 0.201. The number of carbonyl (C=O) groups excluding carboxylic acids is 4. The van der Waals surface area contributed by atoms with Gasteiger partial charge in [-0.25, -0.2) is 9.69 Å². The standard InChI is InChI=1S/C34H28F3N3O8S2/c1-4-48-32(44)17-8-11-20(12-9-17)38-24(41)16-39-31-28(50-33(39)45)25(18-10-13-22(46-2)23(14-18)47-3)26-27(49-31)30(43)40(29(26)42)21-7-5-6-19(15-21)34(35,36)37/h5-15,25-27H,4,16H2,1-3H3,(H,38,41)/t25-,26-,27+/m0/s1. The van der Waals surface area contributed by atoms with E-state index in [1.807, 2.05) is 0 Å². The number of thioether (sulfide) groups is 1. The van der Waals surface area contributed by atoms with Gasteiger partial charge in [0.15, 0.2) is 11.5 Å². The molecule has 0 radical (unpaired) electrons. The highest BCUT2D eigenvalue weighted by molar-refractivity contribution is 8.00. The van der Waals surface area contributed by atoms with E-state index in [4.69, 9.17) is 14.2 Å². The highest BCUT2D eigenvalue weighted by Crippen LogP contribution is 2.54. The number of anilines is 2. The van der Waals surface area contributed by atoms with Crippen molar-refractivity contribution >= 4 is 58.2 Å². The average molecular weight is 728 g/mol. The van der Waals surface area contributed by atoms with Crippen LogP contribution in [-0.4, -0.2) is 54.3 Å². The SMILES string of the molecule is CCOC(=O)c1ccc(NC(=O)Cn2c3c(sc2=O)[C@@H](c2ccc(OC)c(OC)c2)[C@@H]2C(=O)N(c4cccc(C(F)(F)F)c4)C(=O)[C@@H]2S3)cc1. The molecule has 2 aliphatic rings. The number of esters is 1. The number of hydrogen-bond donors (Lipinski definition) is 1. The Morgan fingerprint density at radius 2 is 1.64 bits per heavy atom.